The molecular weight excluding hydrogens is 376 g/mol. The van der Waals surface area contributed by atoms with Crippen LogP contribution in [0.25, 0.3) is 0 Å². The highest BCUT2D eigenvalue weighted by Crippen LogP contribution is 2.21. The lowest BCUT2D eigenvalue weighted by molar-refractivity contribution is 0.0600. The van der Waals surface area contributed by atoms with Gasteiger partial charge in [0.2, 0.25) is 10.0 Å². The summed E-state index contributed by atoms with van der Waals surface area (Å²) in [7, 11) is 1.41. The first-order chi connectivity index (χ1) is 13.2. The number of rotatable bonds is 8. The van der Waals surface area contributed by atoms with Crippen LogP contribution in [0, 0.1) is 6.92 Å². The highest BCUT2D eigenvalue weighted by Gasteiger charge is 2.22. The van der Waals surface area contributed by atoms with Crippen molar-refractivity contribution in [2.45, 2.75) is 31.2 Å². The molecule has 1 unspecified atom stereocenters. The highest BCUT2D eigenvalue weighted by atomic mass is 32.2. The van der Waals surface area contributed by atoms with Gasteiger partial charge in [-0.1, -0.05) is 31.2 Å². The van der Waals surface area contributed by atoms with Gasteiger partial charge in [0.15, 0.2) is 0 Å². The number of nitrogens with one attached hydrogen (secondary N) is 1. The molecule has 0 aliphatic heterocycles. The molecule has 28 heavy (non-hydrogen) atoms. The van der Waals surface area contributed by atoms with Gasteiger partial charge in [-0.3, -0.25) is 0 Å². The molecule has 6 nitrogen and oxygen atoms in total. The van der Waals surface area contributed by atoms with E-state index in [0.717, 1.165) is 12.0 Å². The van der Waals surface area contributed by atoms with E-state index in [0.29, 0.717) is 11.1 Å². The van der Waals surface area contributed by atoms with Crippen molar-refractivity contribution in [2.75, 3.05) is 27.7 Å². The first-order valence-electron chi connectivity index (χ1n) is 9.13. The molecule has 1 N–H and O–H groups in total. The van der Waals surface area contributed by atoms with Crippen molar-refractivity contribution in [3.8, 4) is 0 Å². The number of esters is 1. The first-order valence-corrected chi connectivity index (χ1v) is 10.6. The third-order valence-electron chi connectivity index (χ3n) is 4.75. The molecule has 1 atom stereocenters. The van der Waals surface area contributed by atoms with E-state index in [1.807, 2.05) is 31.1 Å². The molecule has 0 spiro atoms. The van der Waals surface area contributed by atoms with Gasteiger partial charge >= 0.3 is 5.97 Å². The largest absolute Gasteiger partial charge is 0.465 e. The Balaban J connectivity index is 2.21. The number of carbonyl (C=O) groups excluding carboxylic acids is 1. The quantitative estimate of drug-likeness (QED) is 0.685. The number of carbonyl (C=O) groups is 1. The zero-order valence-corrected chi connectivity index (χ0v) is 17.8. The maximum atomic E-state index is 12.8. The topological polar surface area (TPSA) is 75.7 Å². The predicted octanol–water partition coefficient (Wildman–Crippen LogP) is 2.93. The molecule has 0 amide bonds. The van der Waals surface area contributed by atoms with Crippen LogP contribution in [0.15, 0.2) is 47.4 Å². The van der Waals surface area contributed by atoms with Crippen LogP contribution >= 0.6 is 0 Å². The fourth-order valence-electron chi connectivity index (χ4n) is 3.04. The number of sulfonamides is 1. The molecule has 0 saturated heterocycles. The summed E-state index contributed by atoms with van der Waals surface area (Å²) < 4.78 is 33.0. The Morgan fingerprint density at radius 1 is 1.14 bits per heavy atom. The first kappa shape index (κ1) is 22.1. The van der Waals surface area contributed by atoms with Gasteiger partial charge in [0.1, 0.15) is 0 Å². The van der Waals surface area contributed by atoms with Crippen molar-refractivity contribution in [3.63, 3.8) is 0 Å². The van der Waals surface area contributed by atoms with Gasteiger partial charge in [0.25, 0.3) is 0 Å². The maximum absolute atomic E-state index is 12.8. The summed E-state index contributed by atoms with van der Waals surface area (Å²) in [6.07, 6.45) is 0.959. The molecule has 0 aromatic heterocycles. The number of methoxy groups -OCH3 is 1. The molecular formula is C21H28N2O4S. The summed E-state index contributed by atoms with van der Waals surface area (Å²) >= 11 is 0. The van der Waals surface area contributed by atoms with Gasteiger partial charge in [0.05, 0.1) is 17.6 Å². The van der Waals surface area contributed by atoms with Crippen LogP contribution in [0.1, 0.15) is 40.0 Å². The Morgan fingerprint density at radius 2 is 1.79 bits per heavy atom. The third kappa shape index (κ3) is 5.19. The standard InChI is InChI=1S/C21H28N2O4S/c1-6-16-7-9-17(10-8-16)19(23(3)4)14-22-28(25,26)20-12-11-18(13-15(20)2)21(24)27-5/h7-13,19,22H,6,14H2,1-5H3. The van der Waals surface area contributed by atoms with Gasteiger partial charge < -0.3 is 9.64 Å². The number of hydrogen-bond donors (Lipinski definition) is 1. The van der Waals surface area contributed by atoms with Crippen molar-refractivity contribution < 1.29 is 17.9 Å². The Hall–Kier alpha value is -2.22. The van der Waals surface area contributed by atoms with E-state index in [2.05, 4.69) is 28.5 Å². The summed E-state index contributed by atoms with van der Waals surface area (Å²) in [4.78, 5) is 13.8. The third-order valence-corrected chi connectivity index (χ3v) is 6.33. The summed E-state index contributed by atoms with van der Waals surface area (Å²) in [5.74, 6) is -0.497. The predicted molar refractivity (Wildman–Crippen MR) is 110 cm³/mol. The number of aryl methyl sites for hydroxylation is 2. The number of hydrogen-bond acceptors (Lipinski definition) is 5. The van der Waals surface area contributed by atoms with Crippen LogP contribution in [0.5, 0.6) is 0 Å². The van der Waals surface area contributed by atoms with Crippen molar-refractivity contribution in [2.24, 2.45) is 0 Å². The second kappa shape index (κ2) is 9.32. The van der Waals surface area contributed by atoms with Crippen molar-refractivity contribution >= 4 is 16.0 Å². The summed E-state index contributed by atoms with van der Waals surface area (Å²) in [5, 5.41) is 0. The average Bonchev–Trinajstić information content (AvgIpc) is 2.67. The average molecular weight is 405 g/mol. The van der Waals surface area contributed by atoms with Gasteiger partial charge in [-0.05, 0) is 62.3 Å². The van der Waals surface area contributed by atoms with E-state index in [1.165, 1.54) is 30.9 Å². The molecule has 0 radical (unpaired) electrons. The van der Waals surface area contributed by atoms with E-state index >= 15 is 0 Å². The van der Waals surface area contributed by atoms with Gasteiger partial charge in [0, 0.05) is 12.6 Å². The van der Waals surface area contributed by atoms with E-state index in [1.54, 1.807) is 6.92 Å². The van der Waals surface area contributed by atoms with Crippen molar-refractivity contribution in [3.05, 3.63) is 64.7 Å². The van der Waals surface area contributed by atoms with E-state index in [4.69, 9.17) is 0 Å². The normalized spacial score (nSPS) is 12.8. The van der Waals surface area contributed by atoms with Gasteiger partial charge in [-0.25, -0.2) is 17.9 Å². The molecule has 0 saturated carbocycles. The molecule has 2 aromatic rings. The molecule has 0 aliphatic carbocycles. The molecule has 2 rings (SSSR count). The Kier molecular flexibility index (Phi) is 7.35. The molecule has 7 heteroatoms. The lowest BCUT2D eigenvalue weighted by atomic mass is 10.0. The lowest BCUT2D eigenvalue weighted by Crippen LogP contribution is -2.34. The highest BCUT2D eigenvalue weighted by molar-refractivity contribution is 7.89. The molecule has 2 aromatic carbocycles. The van der Waals surface area contributed by atoms with Crippen LogP contribution in [-0.4, -0.2) is 47.0 Å². The molecule has 0 bridgehead atoms. The monoisotopic (exact) mass is 404 g/mol. The molecule has 0 aliphatic rings. The molecule has 152 valence electrons. The van der Waals surface area contributed by atoms with Crippen molar-refractivity contribution in [1.82, 2.24) is 9.62 Å². The van der Waals surface area contributed by atoms with E-state index in [-0.39, 0.29) is 17.5 Å². The Labute approximate surface area is 167 Å². The fourth-order valence-corrected chi connectivity index (χ4v) is 4.30. The molecule has 0 fully saturated rings. The smallest absolute Gasteiger partial charge is 0.337 e. The summed E-state index contributed by atoms with van der Waals surface area (Å²) in [6.45, 7) is 3.99. The minimum absolute atomic E-state index is 0.102. The van der Waals surface area contributed by atoms with Crippen LogP contribution in [0.4, 0.5) is 0 Å². The number of benzene rings is 2. The number of nitrogens with zero attached hydrogens (tertiary/aromatic N) is 1. The summed E-state index contributed by atoms with van der Waals surface area (Å²) in [5.41, 5.74) is 3.09. The Morgan fingerprint density at radius 3 is 2.29 bits per heavy atom. The minimum atomic E-state index is -3.72. The zero-order chi connectivity index (χ0) is 20.9. The Bertz CT molecular complexity index is 922. The van der Waals surface area contributed by atoms with E-state index in [9.17, 15) is 13.2 Å². The fraction of sp³-hybridized carbons (Fsp3) is 0.381. The SMILES string of the molecule is CCc1ccc(C(CNS(=O)(=O)c2ccc(C(=O)OC)cc2C)N(C)C)cc1. The second-order valence-corrected chi connectivity index (χ2v) is 8.63. The van der Waals surface area contributed by atoms with Crippen LogP contribution in [0.2, 0.25) is 0 Å². The maximum Gasteiger partial charge on any atom is 0.337 e. The number of ether oxygens (including phenoxy) is 1. The lowest BCUT2D eigenvalue weighted by Gasteiger charge is -2.25. The zero-order valence-electron chi connectivity index (χ0n) is 17.0. The minimum Gasteiger partial charge on any atom is -0.465 e. The van der Waals surface area contributed by atoms with Crippen LogP contribution in [0.3, 0.4) is 0 Å². The van der Waals surface area contributed by atoms with Gasteiger partial charge in [-0.2, -0.15) is 0 Å². The van der Waals surface area contributed by atoms with Gasteiger partial charge in [-0.15, -0.1) is 0 Å². The van der Waals surface area contributed by atoms with Crippen LogP contribution in [-0.2, 0) is 21.2 Å². The van der Waals surface area contributed by atoms with Crippen molar-refractivity contribution in [1.29, 1.82) is 0 Å². The second-order valence-electron chi connectivity index (χ2n) is 6.90. The van der Waals surface area contributed by atoms with Crippen LogP contribution < -0.4 is 4.72 Å². The molecule has 0 heterocycles. The van der Waals surface area contributed by atoms with E-state index < -0.39 is 16.0 Å². The summed E-state index contributed by atoms with van der Waals surface area (Å²) in [6, 6.07) is 12.5. The number of likely N-dealkylation sites (N-methyl/N-ethyl adjacent to an activating group) is 1.